The first-order chi connectivity index (χ1) is 13.7. The number of piperidine rings is 1. The molecule has 0 bridgehead atoms. The number of hydrogen-bond donors (Lipinski definition) is 4. The van der Waals surface area contributed by atoms with Crippen LogP contribution in [0.1, 0.15) is 31.9 Å². The van der Waals surface area contributed by atoms with E-state index in [0.29, 0.717) is 28.6 Å². The zero-order valence-electron chi connectivity index (χ0n) is 16.4. The second-order valence-electron chi connectivity index (χ2n) is 7.81. The van der Waals surface area contributed by atoms with Crippen LogP contribution in [0.4, 0.5) is 5.69 Å². The Kier molecular flexibility index (Phi) is 6.03. The number of aromatic nitrogens is 1. The number of likely N-dealkylation sites (tertiary alicyclic amines) is 1. The summed E-state index contributed by atoms with van der Waals surface area (Å²) in [6.45, 7) is 5.76. The lowest BCUT2D eigenvalue weighted by Gasteiger charge is -2.38. The number of H-pyrrole nitrogens is 1. The number of rotatable bonds is 6. The molecule has 1 aliphatic heterocycles. The van der Waals surface area contributed by atoms with Crippen LogP contribution in [0, 0.1) is 11.8 Å². The Bertz CT molecular complexity index is 954. The van der Waals surface area contributed by atoms with Crippen LogP contribution in [-0.2, 0) is 14.4 Å². The zero-order chi connectivity index (χ0) is 21.1. The van der Waals surface area contributed by atoms with Crippen LogP contribution in [0.15, 0.2) is 36.5 Å². The maximum absolute atomic E-state index is 12.1. The lowest BCUT2D eigenvalue weighted by molar-refractivity contribution is -0.144. The van der Waals surface area contributed by atoms with E-state index in [1.165, 1.54) is 0 Å². The molecule has 2 heterocycles. The van der Waals surface area contributed by atoms with Crippen molar-refractivity contribution in [3.05, 3.63) is 42.1 Å². The van der Waals surface area contributed by atoms with Gasteiger partial charge in [-0.3, -0.25) is 14.5 Å². The van der Waals surface area contributed by atoms with Crippen molar-refractivity contribution in [1.82, 2.24) is 9.88 Å². The van der Waals surface area contributed by atoms with E-state index in [2.05, 4.69) is 24.1 Å². The minimum atomic E-state index is -1.20. The number of hydrogen-bond acceptors (Lipinski definition) is 4. The van der Waals surface area contributed by atoms with E-state index >= 15 is 0 Å². The molecule has 1 aromatic heterocycles. The highest BCUT2D eigenvalue weighted by Gasteiger charge is 2.34. The monoisotopic (exact) mass is 399 g/mol. The van der Waals surface area contributed by atoms with Gasteiger partial charge < -0.3 is 20.5 Å². The first-order valence-corrected chi connectivity index (χ1v) is 9.54. The molecule has 1 fully saturated rings. The molecule has 154 valence electrons. The maximum atomic E-state index is 12.1. The topological polar surface area (TPSA) is 123 Å². The van der Waals surface area contributed by atoms with Gasteiger partial charge in [-0.25, -0.2) is 4.79 Å². The number of anilines is 1. The van der Waals surface area contributed by atoms with Crippen LogP contribution < -0.4 is 5.32 Å². The number of carboxylic acids is 2. The molecule has 29 heavy (non-hydrogen) atoms. The lowest BCUT2D eigenvalue weighted by Crippen LogP contribution is -2.43. The van der Waals surface area contributed by atoms with Crippen molar-refractivity contribution < 1.29 is 24.6 Å². The first-order valence-electron chi connectivity index (χ1n) is 9.54. The summed E-state index contributed by atoms with van der Waals surface area (Å²) >= 11 is 0. The average molecular weight is 399 g/mol. The number of fused-ring (bicyclic) bond motifs is 1. The molecule has 8 heteroatoms. The molecule has 0 radical (unpaired) electrons. The van der Waals surface area contributed by atoms with Crippen molar-refractivity contribution in [2.24, 2.45) is 11.8 Å². The number of benzene rings is 1. The third-order valence-electron chi connectivity index (χ3n) is 5.15. The molecular formula is C21H25N3O5. The number of nitrogens with zero attached hydrogens (tertiary/aromatic N) is 1. The molecule has 1 aromatic carbocycles. The van der Waals surface area contributed by atoms with Gasteiger partial charge in [-0.1, -0.05) is 19.9 Å². The molecule has 0 spiro atoms. The third kappa shape index (κ3) is 4.83. The highest BCUT2D eigenvalue weighted by atomic mass is 16.4. The fourth-order valence-corrected chi connectivity index (χ4v) is 4.19. The predicted molar refractivity (Wildman–Crippen MR) is 109 cm³/mol. The van der Waals surface area contributed by atoms with Crippen LogP contribution in [0.25, 0.3) is 10.9 Å². The van der Waals surface area contributed by atoms with Crippen molar-refractivity contribution in [3.63, 3.8) is 0 Å². The van der Waals surface area contributed by atoms with Gasteiger partial charge in [0.1, 0.15) is 6.04 Å². The summed E-state index contributed by atoms with van der Waals surface area (Å²) in [5.41, 5.74) is 1.87. The molecule has 1 saturated heterocycles. The summed E-state index contributed by atoms with van der Waals surface area (Å²) in [5, 5.41) is 21.9. The predicted octanol–water partition coefficient (Wildman–Crippen LogP) is 2.85. The van der Waals surface area contributed by atoms with Gasteiger partial charge in [0.05, 0.1) is 0 Å². The number of carbonyl (C=O) groups excluding carboxylic acids is 1. The smallest absolute Gasteiger partial charge is 0.328 e. The normalized spacial score (nSPS) is 21.3. The molecule has 8 nitrogen and oxygen atoms in total. The average Bonchev–Trinajstić information content (AvgIpc) is 3.02. The summed E-state index contributed by atoms with van der Waals surface area (Å²) in [6.07, 6.45) is 4.50. The number of aromatic amines is 1. The van der Waals surface area contributed by atoms with Gasteiger partial charge in [-0.2, -0.15) is 0 Å². The Balaban J connectivity index is 1.87. The van der Waals surface area contributed by atoms with E-state index in [1.54, 1.807) is 24.4 Å². The van der Waals surface area contributed by atoms with Crippen LogP contribution in [0.2, 0.25) is 0 Å². The van der Waals surface area contributed by atoms with Crippen LogP contribution in [0.5, 0.6) is 0 Å². The van der Waals surface area contributed by atoms with E-state index in [1.807, 2.05) is 4.90 Å². The Hall–Kier alpha value is -3.13. The summed E-state index contributed by atoms with van der Waals surface area (Å²) in [6, 6.07) is 4.40. The van der Waals surface area contributed by atoms with Crippen LogP contribution in [0.3, 0.4) is 0 Å². The first kappa shape index (κ1) is 20.6. The molecular weight excluding hydrogens is 374 g/mol. The summed E-state index contributed by atoms with van der Waals surface area (Å²) in [5.74, 6) is -1.77. The van der Waals surface area contributed by atoms with Gasteiger partial charge in [0, 0.05) is 53.6 Å². The Morgan fingerprint density at radius 2 is 1.86 bits per heavy atom. The maximum Gasteiger partial charge on any atom is 0.328 e. The molecule has 1 amide bonds. The Morgan fingerprint density at radius 3 is 2.48 bits per heavy atom. The molecule has 4 N–H and O–H groups in total. The number of carbonyl (C=O) groups is 3. The van der Waals surface area contributed by atoms with E-state index in [0.717, 1.165) is 37.0 Å². The molecule has 1 aliphatic rings. The second kappa shape index (κ2) is 8.48. The van der Waals surface area contributed by atoms with Gasteiger partial charge in [-0.15, -0.1) is 0 Å². The summed E-state index contributed by atoms with van der Waals surface area (Å²) in [7, 11) is 0. The highest BCUT2D eigenvalue weighted by molar-refractivity contribution is 6.03. The van der Waals surface area contributed by atoms with Gasteiger partial charge in [0.15, 0.2) is 0 Å². The molecule has 2 aromatic rings. The van der Waals surface area contributed by atoms with Gasteiger partial charge >= 0.3 is 11.9 Å². The quantitative estimate of drug-likeness (QED) is 0.554. The standard InChI is InChI=1S/C21H25N3O5/c1-12-7-13(2)11-24(10-12)20(21(28)29)16-9-22-17-8-14(3-4-15(16)17)23-18(25)5-6-19(26)27/h3-6,8-9,12-13,20,22H,7,10-11H2,1-2H3,(H,23,25)(H,26,27)(H,28,29). The minimum absolute atomic E-state index is 0.437. The second-order valence-corrected chi connectivity index (χ2v) is 7.81. The third-order valence-corrected chi connectivity index (χ3v) is 5.15. The summed E-state index contributed by atoms with van der Waals surface area (Å²) in [4.78, 5) is 39.5. The minimum Gasteiger partial charge on any atom is -0.480 e. The summed E-state index contributed by atoms with van der Waals surface area (Å²) < 4.78 is 0. The number of nitrogens with one attached hydrogen (secondary N) is 2. The lowest BCUT2D eigenvalue weighted by atomic mass is 9.89. The molecule has 0 aliphatic carbocycles. The SMILES string of the molecule is CC1CC(C)CN(C(C(=O)O)c2c[nH]c3cc(NC(=O)C=CC(=O)O)ccc23)C1. The fraction of sp³-hybridized carbons (Fsp3) is 0.381. The zero-order valence-corrected chi connectivity index (χ0v) is 16.4. The number of amides is 1. The van der Waals surface area contributed by atoms with Crippen molar-refractivity contribution in [2.75, 3.05) is 18.4 Å². The van der Waals surface area contributed by atoms with Crippen LogP contribution in [-0.4, -0.2) is 51.0 Å². The van der Waals surface area contributed by atoms with E-state index in [9.17, 15) is 19.5 Å². The number of aliphatic carboxylic acids is 2. The van der Waals surface area contributed by atoms with E-state index in [-0.39, 0.29) is 0 Å². The molecule has 3 rings (SSSR count). The van der Waals surface area contributed by atoms with Crippen molar-refractivity contribution in [3.8, 4) is 0 Å². The molecule has 3 atom stereocenters. The highest BCUT2D eigenvalue weighted by Crippen LogP contribution is 2.34. The van der Waals surface area contributed by atoms with E-state index in [4.69, 9.17) is 5.11 Å². The van der Waals surface area contributed by atoms with E-state index < -0.39 is 23.9 Å². The van der Waals surface area contributed by atoms with Crippen molar-refractivity contribution >= 4 is 34.4 Å². The Labute approximate surface area is 168 Å². The van der Waals surface area contributed by atoms with Crippen molar-refractivity contribution in [1.29, 1.82) is 0 Å². The Morgan fingerprint density at radius 1 is 1.17 bits per heavy atom. The van der Waals surface area contributed by atoms with Crippen LogP contribution >= 0.6 is 0 Å². The fourth-order valence-electron chi connectivity index (χ4n) is 4.19. The largest absolute Gasteiger partial charge is 0.480 e. The molecule has 0 saturated carbocycles. The number of carboxylic acid groups (broad SMARTS) is 2. The molecule has 3 unspecified atom stereocenters. The van der Waals surface area contributed by atoms with Gasteiger partial charge in [0.2, 0.25) is 5.91 Å². The van der Waals surface area contributed by atoms with Gasteiger partial charge in [-0.05, 0) is 30.4 Å². The van der Waals surface area contributed by atoms with Crippen molar-refractivity contribution in [2.45, 2.75) is 26.3 Å². The van der Waals surface area contributed by atoms with Gasteiger partial charge in [0.25, 0.3) is 0 Å².